The molecule has 0 saturated carbocycles. The largest absolute Gasteiger partial charge is 0.497 e. The summed E-state index contributed by atoms with van der Waals surface area (Å²) in [4.78, 5) is 4.38. The molecule has 33 heavy (non-hydrogen) atoms. The van der Waals surface area contributed by atoms with Crippen LogP contribution in [0.1, 0.15) is 6.92 Å². The Kier molecular flexibility index (Phi) is 6.88. The lowest BCUT2D eigenvalue weighted by atomic mass is 10.1. The molecular formula is C23H30N2O6S2. The molecule has 0 radical (unpaired) electrons. The SMILES string of the molecule is CCOc1ccc(S(=O)(=O)[C@H]2CS(=O)(=O)C[C@@H]2N2CCN(c3ccc(OC)cc3)CC2)cc1. The van der Waals surface area contributed by atoms with Crippen LogP contribution >= 0.6 is 0 Å². The van der Waals surface area contributed by atoms with Crippen molar-refractivity contribution >= 4 is 25.4 Å². The van der Waals surface area contributed by atoms with Gasteiger partial charge in [-0.05, 0) is 55.5 Å². The molecule has 10 heteroatoms. The Hall–Kier alpha value is -2.30. The standard InChI is InChI=1S/C23H30N2O6S2/c1-3-31-20-8-10-21(11-9-20)33(28,29)23-17-32(26,27)16-22(23)25-14-12-24(13-15-25)18-4-6-19(30-2)7-5-18/h4-11,22-23H,3,12-17H2,1-2H3/t22-,23-/m0/s1. The highest BCUT2D eigenvalue weighted by atomic mass is 32.2. The van der Waals surface area contributed by atoms with Crippen molar-refractivity contribution < 1.29 is 26.3 Å². The van der Waals surface area contributed by atoms with Crippen LogP contribution < -0.4 is 14.4 Å². The molecule has 180 valence electrons. The van der Waals surface area contributed by atoms with Crippen LogP contribution in [0.5, 0.6) is 11.5 Å². The van der Waals surface area contributed by atoms with Crippen LogP contribution in [0.4, 0.5) is 5.69 Å². The van der Waals surface area contributed by atoms with Crippen molar-refractivity contribution in [1.82, 2.24) is 4.90 Å². The summed E-state index contributed by atoms with van der Waals surface area (Å²) in [5.74, 6) is 0.903. The van der Waals surface area contributed by atoms with E-state index in [2.05, 4.69) is 4.90 Å². The van der Waals surface area contributed by atoms with Gasteiger partial charge in [0.1, 0.15) is 11.5 Å². The number of methoxy groups -OCH3 is 1. The summed E-state index contributed by atoms with van der Waals surface area (Å²) >= 11 is 0. The first kappa shape index (κ1) is 23.8. The lowest BCUT2D eigenvalue weighted by Crippen LogP contribution is -2.55. The maximum atomic E-state index is 13.4. The second-order valence-electron chi connectivity index (χ2n) is 8.35. The van der Waals surface area contributed by atoms with E-state index in [9.17, 15) is 16.8 Å². The summed E-state index contributed by atoms with van der Waals surface area (Å²) in [6.45, 7) is 4.92. The first-order valence-electron chi connectivity index (χ1n) is 11.0. The summed E-state index contributed by atoms with van der Waals surface area (Å²) in [7, 11) is -5.64. The first-order valence-corrected chi connectivity index (χ1v) is 14.4. The Bertz CT molecular complexity index is 1160. The number of anilines is 1. The van der Waals surface area contributed by atoms with Gasteiger partial charge >= 0.3 is 0 Å². The molecule has 0 spiro atoms. The minimum absolute atomic E-state index is 0.129. The van der Waals surface area contributed by atoms with E-state index in [0.29, 0.717) is 38.5 Å². The van der Waals surface area contributed by atoms with Crippen LogP contribution in [0.3, 0.4) is 0 Å². The van der Waals surface area contributed by atoms with Gasteiger partial charge in [0.15, 0.2) is 19.7 Å². The molecule has 0 amide bonds. The summed E-state index contributed by atoms with van der Waals surface area (Å²) in [5, 5.41) is -0.979. The second kappa shape index (κ2) is 9.52. The monoisotopic (exact) mass is 494 g/mol. The fourth-order valence-corrected chi connectivity index (χ4v) is 9.44. The Morgan fingerprint density at radius 3 is 2.09 bits per heavy atom. The average molecular weight is 495 g/mol. The molecule has 2 saturated heterocycles. The van der Waals surface area contributed by atoms with Crippen LogP contribution in [-0.4, -0.2) is 84.4 Å². The number of piperazine rings is 1. The summed E-state index contributed by atoms with van der Waals surface area (Å²) in [6, 6.07) is 13.5. The number of benzene rings is 2. The molecule has 4 rings (SSSR count). The van der Waals surface area contributed by atoms with E-state index >= 15 is 0 Å². The molecule has 0 aliphatic carbocycles. The molecule has 2 aromatic rings. The Morgan fingerprint density at radius 1 is 0.909 bits per heavy atom. The second-order valence-corrected chi connectivity index (χ2v) is 12.7. The van der Waals surface area contributed by atoms with Crippen molar-refractivity contribution in [2.75, 3.05) is 56.3 Å². The lowest BCUT2D eigenvalue weighted by molar-refractivity contribution is 0.201. The molecule has 8 nitrogen and oxygen atoms in total. The Balaban J connectivity index is 1.50. The molecule has 2 heterocycles. The van der Waals surface area contributed by atoms with Crippen molar-refractivity contribution in [3.8, 4) is 11.5 Å². The van der Waals surface area contributed by atoms with Gasteiger partial charge < -0.3 is 14.4 Å². The van der Waals surface area contributed by atoms with Crippen LogP contribution in [0, 0.1) is 0 Å². The van der Waals surface area contributed by atoms with E-state index in [1.165, 1.54) is 12.1 Å². The van der Waals surface area contributed by atoms with E-state index in [1.54, 1.807) is 19.2 Å². The van der Waals surface area contributed by atoms with Gasteiger partial charge in [-0.1, -0.05) is 0 Å². The molecule has 2 fully saturated rings. The molecule has 2 atom stereocenters. The number of hydrogen-bond acceptors (Lipinski definition) is 8. The maximum Gasteiger partial charge on any atom is 0.183 e. The van der Waals surface area contributed by atoms with Crippen LogP contribution in [0.25, 0.3) is 0 Å². The molecule has 0 aromatic heterocycles. The summed E-state index contributed by atoms with van der Waals surface area (Å²) < 4.78 is 62.5. The predicted octanol–water partition coefficient (Wildman–Crippen LogP) is 1.86. The molecular weight excluding hydrogens is 464 g/mol. The first-order chi connectivity index (χ1) is 15.7. The van der Waals surface area contributed by atoms with Crippen LogP contribution in [0.2, 0.25) is 0 Å². The maximum absolute atomic E-state index is 13.4. The fraction of sp³-hybridized carbons (Fsp3) is 0.478. The zero-order chi connectivity index (χ0) is 23.6. The number of sulfone groups is 2. The highest BCUT2D eigenvalue weighted by Crippen LogP contribution is 2.31. The highest BCUT2D eigenvalue weighted by molar-refractivity contribution is 7.96. The minimum Gasteiger partial charge on any atom is -0.497 e. The number of rotatable bonds is 7. The smallest absolute Gasteiger partial charge is 0.183 e. The zero-order valence-corrected chi connectivity index (χ0v) is 20.5. The van der Waals surface area contributed by atoms with Crippen molar-refractivity contribution in [1.29, 1.82) is 0 Å². The third-order valence-corrected chi connectivity index (χ3v) is 10.5. The number of ether oxygens (including phenoxy) is 2. The van der Waals surface area contributed by atoms with Crippen LogP contribution in [0.15, 0.2) is 53.4 Å². The van der Waals surface area contributed by atoms with E-state index in [-0.39, 0.29) is 16.4 Å². The van der Waals surface area contributed by atoms with Gasteiger partial charge in [-0.15, -0.1) is 0 Å². The van der Waals surface area contributed by atoms with E-state index in [1.807, 2.05) is 36.1 Å². The van der Waals surface area contributed by atoms with Crippen molar-refractivity contribution in [2.45, 2.75) is 23.1 Å². The zero-order valence-electron chi connectivity index (χ0n) is 18.9. The average Bonchev–Trinajstić information content (AvgIpc) is 3.16. The van der Waals surface area contributed by atoms with Gasteiger partial charge in [-0.25, -0.2) is 16.8 Å². The van der Waals surface area contributed by atoms with Gasteiger partial charge in [-0.2, -0.15) is 0 Å². The van der Waals surface area contributed by atoms with Gasteiger partial charge in [-0.3, -0.25) is 4.90 Å². The minimum atomic E-state index is -3.82. The molecule has 0 N–H and O–H groups in total. The normalized spacial score (nSPS) is 23.4. The number of nitrogens with zero attached hydrogens (tertiary/aromatic N) is 2. The Morgan fingerprint density at radius 2 is 1.52 bits per heavy atom. The van der Waals surface area contributed by atoms with Gasteiger partial charge in [0, 0.05) is 37.9 Å². The van der Waals surface area contributed by atoms with Gasteiger partial charge in [0.25, 0.3) is 0 Å². The third kappa shape index (κ3) is 5.12. The van der Waals surface area contributed by atoms with Crippen LogP contribution in [-0.2, 0) is 19.7 Å². The molecule has 2 aromatic carbocycles. The van der Waals surface area contributed by atoms with Crippen molar-refractivity contribution in [3.05, 3.63) is 48.5 Å². The topological polar surface area (TPSA) is 93.2 Å². The van der Waals surface area contributed by atoms with E-state index in [0.717, 1.165) is 11.4 Å². The van der Waals surface area contributed by atoms with Gasteiger partial charge in [0.05, 0.1) is 35.4 Å². The predicted molar refractivity (Wildman–Crippen MR) is 128 cm³/mol. The molecule has 0 bridgehead atoms. The molecule has 0 unspecified atom stereocenters. The van der Waals surface area contributed by atoms with Gasteiger partial charge in [0.2, 0.25) is 0 Å². The highest BCUT2D eigenvalue weighted by Gasteiger charge is 2.48. The van der Waals surface area contributed by atoms with Crippen molar-refractivity contribution in [3.63, 3.8) is 0 Å². The summed E-state index contributed by atoms with van der Waals surface area (Å²) in [6.07, 6.45) is 0. The van der Waals surface area contributed by atoms with E-state index in [4.69, 9.17) is 9.47 Å². The fourth-order valence-electron chi connectivity index (χ4n) is 4.61. The summed E-state index contributed by atoms with van der Waals surface area (Å²) in [5.41, 5.74) is 1.06. The third-order valence-electron chi connectivity index (χ3n) is 6.35. The van der Waals surface area contributed by atoms with E-state index < -0.39 is 31.0 Å². The Labute approximate surface area is 195 Å². The van der Waals surface area contributed by atoms with Crippen molar-refractivity contribution in [2.24, 2.45) is 0 Å². The molecule has 2 aliphatic heterocycles. The number of hydrogen-bond donors (Lipinski definition) is 0. The molecule has 2 aliphatic rings. The lowest BCUT2D eigenvalue weighted by Gasteiger charge is -2.40. The quantitative estimate of drug-likeness (QED) is 0.576.